The Bertz CT molecular complexity index is 1290. The van der Waals surface area contributed by atoms with Gasteiger partial charge in [-0.25, -0.2) is 0 Å². The van der Waals surface area contributed by atoms with Gasteiger partial charge in [-0.2, -0.15) is 0 Å². The summed E-state index contributed by atoms with van der Waals surface area (Å²) in [6.07, 6.45) is 9.39. The fraction of sp³-hybridized carbons (Fsp3) is 0.276. The molecule has 2 aromatic carbocycles. The van der Waals surface area contributed by atoms with Crippen LogP contribution in [0, 0.1) is 0 Å². The van der Waals surface area contributed by atoms with E-state index in [2.05, 4.69) is 83.5 Å². The maximum absolute atomic E-state index is 5.57. The molecule has 33 heavy (non-hydrogen) atoms. The van der Waals surface area contributed by atoms with Crippen LogP contribution >= 0.6 is 0 Å². The lowest BCUT2D eigenvalue weighted by Crippen LogP contribution is -2.01. The van der Waals surface area contributed by atoms with Gasteiger partial charge < -0.3 is 15.0 Å². The number of para-hydroxylation sites is 1. The number of hydrogen-bond donors (Lipinski definition) is 2. The highest BCUT2D eigenvalue weighted by atomic mass is 16.5. The zero-order valence-corrected chi connectivity index (χ0v) is 19.4. The number of H-pyrrole nitrogens is 1. The van der Waals surface area contributed by atoms with E-state index < -0.39 is 0 Å². The van der Waals surface area contributed by atoms with Crippen molar-refractivity contribution in [3.63, 3.8) is 0 Å². The highest BCUT2D eigenvalue weighted by Crippen LogP contribution is 2.37. The van der Waals surface area contributed by atoms with E-state index in [-0.39, 0.29) is 6.10 Å². The van der Waals surface area contributed by atoms with Crippen molar-refractivity contribution in [1.82, 2.24) is 9.97 Å². The summed E-state index contributed by atoms with van der Waals surface area (Å²) in [4.78, 5) is 8.00. The van der Waals surface area contributed by atoms with Crippen molar-refractivity contribution in [2.75, 3.05) is 12.4 Å². The molecular formula is C29H31N3O. The van der Waals surface area contributed by atoms with Crippen LogP contribution in [0.3, 0.4) is 0 Å². The Morgan fingerprint density at radius 1 is 1.15 bits per heavy atom. The second-order valence-electron chi connectivity index (χ2n) is 8.98. The van der Waals surface area contributed by atoms with Gasteiger partial charge in [0.1, 0.15) is 0 Å². The molecular weight excluding hydrogens is 406 g/mol. The zero-order chi connectivity index (χ0) is 22.8. The zero-order valence-electron chi connectivity index (χ0n) is 19.4. The van der Waals surface area contributed by atoms with Crippen LogP contribution in [0.4, 0.5) is 11.4 Å². The summed E-state index contributed by atoms with van der Waals surface area (Å²) >= 11 is 0. The number of aromatic amines is 1. The maximum atomic E-state index is 5.57. The molecule has 4 nitrogen and oxygen atoms in total. The molecule has 2 aromatic heterocycles. The molecule has 1 atom stereocenters. The first kappa shape index (κ1) is 21.5. The van der Waals surface area contributed by atoms with Crippen molar-refractivity contribution >= 4 is 27.9 Å². The van der Waals surface area contributed by atoms with Gasteiger partial charge >= 0.3 is 0 Å². The van der Waals surface area contributed by atoms with E-state index in [0.29, 0.717) is 0 Å². The second-order valence-corrected chi connectivity index (χ2v) is 8.98. The standard InChI is InChI=1S/C29H31N3O/c1-19(2)23-8-5-9-24-21(18-31-28(23)24)7-4-6-20-10-12-22(13-11-20)32-26-16-17-30-29-25(26)14-15-27(29)33-3/h5,8-13,16-18,27,31H,1,4,6-7,14-15H2,2-3H3,(H,30,32). The average Bonchev–Trinajstić information content (AvgIpc) is 3.45. The molecule has 1 aliphatic rings. The van der Waals surface area contributed by atoms with Gasteiger partial charge in [0.2, 0.25) is 0 Å². The van der Waals surface area contributed by atoms with Crippen LogP contribution in [0.25, 0.3) is 16.5 Å². The third kappa shape index (κ3) is 4.31. The Kier molecular flexibility index (Phi) is 6.01. The summed E-state index contributed by atoms with van der Waals surface area (Å²) in [5, 5.41) is 4.90. The highest BCUT2D eigenvalue weighted by Gasteiger charge is 2.25. The molecule has 4 heteroatoms. The molecule has 0 aliphatic heterocycles. The molecule has 1 unspecified atom stereocenters. The lowest BCUT2D eigenvalue weighted by atomic mass is 10.0. The van der Waals surface area contributed by atoms with Crippen LogP contribution in [0.15, 0.2) is 67.5 Å². The van der Waals surface area contributed by atoms with Gasteiger partial charge in [0.05, 0.1) is 17.3 Å². The summed E-state index contributed by atoms with van der Waals surface area (Å²) in [5.74, 6) is 0. The van der Waals surface area contributed by atoms with E-state index in [9.17, 15) is 0 Å². The number of aromatic nitrogens is 2. The van der Waals surface area contributed by atoms with Crippen LogP contribution < -0.4 is 5.32 Å². The minimum absolute atomic E-state index is 0.119. The number of nitrogens with one attached hydrogen (secondary N) is 2. The molecule has 1 aliphatic carbocycles. The average molecular weight is 438 g/mol. The normalized spacial score (nSPS) is 15.0. The first-order chi connectivity index (χ1) is 16.1. The predicted molar refractivity (Wildman–Crippen MR) is 137 cm³/mol. The molecule has 168 valence electrons. The molecule has 5 rings (SSSR count). The molecule has 2 heterocycles. The number of ether oxygens (including phenoxy) is 1. The summed E-state index contributed by atoms with van der Waals surface area (Å²) < 4.78 is 5.57. The molecule has 0 bridgehead atoms. The van der Waals surface area contributed by atoms with Crippen molar-refractivity contribution in [3.05, 3.63) is 95.5 Å². The quantitative estimate of drug-likeness (QED) is 0.308. The molecule has 0 spiro atoms. The Balaban J connectivity index is 1.21. The number of aryl methyl sites for hydroxylation is 2. The van der Waals surface area contributed by atoms with Crippen molar-refractivity contribution in [3.8, 4) is 0 Å². The first-order valence-electron chi connectivity index (χ1n) is 11.8. The van der Waals surface area contributed by atoms with Gasteiger partial charge in [-0.3, -0.25) is 4.98 Å². The van der Waals surface area contributed by atoms with Gasteiger partial charge in [0.25, 0.3) is 0 Å². The Labute approximate surface area is 195 Å². The van der Waals surface area contributed by atoms with Crippen LogP contribution in [0.2, 0.25) is 0 Å². The SMILES string of the molecule is C=C(C)c1cccc2c(CCCc3ccc(Nc4ccnc5c4CCC5OC)cc3)c[nH]c12. The second kappa shape index (κ2) is 9.24. The summed E-state index contributed by atoms with van der Waals surface area (Å²) in [6.45, 7) is 6.17. The minimum Gasteiger partial charge on any atom is -0.375 e. The summed E-state index contributed by atoms with van der Waals surface area (Å²) in [6, 6.07) is 17.3. The number of nitrogens with zero attached hydrogens (tertiary/aromatic N) is 1. The molecule has 0 saturated heterocycles. The fourth-order valence-corrected chi connectivity index (χ4v) is 4.98. The van der Waals surface area contributed by atoms with E-state index in [1.807, 2.05) is 6.20 Å². The predicted octanol–water partition coefficient (Wildman–Crippen LogP) is 7.15. The number of anilines is 2. The van der Waals surface area contributed by atoms with Crippen LogP contribution in [0.5, 0.6) is 0 Å². The van der Waals surface area contributed by atoms with Crippen molar-refractivity contribution < 1.29 is 4.74 Å². The third-order valence-electron chi connectivity index (χ3n) is 6.74. The summed E-state index contributed by atoms with van der Waals surface area (Å²) in [5.41, 5.74) is 10.9. The van der Waals surface area contributed by atoms with E-state index in [1.54, 1.807) is 7.11 Å². The first-order valence-corrected chi connectivity index (χ1v) is 11.8. The molecule has 0 amide bonds. The van der Waals surface area contributed by atoms with Gasteiger partial charge in [-0.1, -0.05) is 36.9 Å². The number of pyridine rings is 1. The molecule has 4 aromatic rings. The largest absolute Gasteiger partial charge is 0.375 e. The number of rotatable bonds is 8. The van der Waals surface area contributed by atoms with Crippen molar-refractivity contribution in [2.45, 2.75) is 45.1 Å². The minimum atomic E-state index is 0.119. The highest BCUT2D eigenvalue weighted by molar-refractivity contribution is 5.92. The number of hydrogen-bond acceptors (Lipinski definition) is 3. The molecule has 2 N–H and O–H groups in total. The fourth-order valence-electron chi connectivity index (χ4n) is 4.98. The molecule has 0 saturated carbocycles. The Morgan fingerprint density at radius 3 is 2.79 bits per heavy atom. The van der Waals surface area contributed by atoms with Crippen LogP contribution in [0.1, 0.15) is 53.8 Å². The Morgan fingerprint density at radius 2 is 2.00 bits per heavy atom. The van der Waals surface area contributed by atoms with Crippen molar-refractivity contribution in [2.24, 2.45) is 0 Å². The number of methoxy groups -OCH3 is 1. The Hall–Kier alpha value is -3.37. The monoisotopic (exact) mass is 437 g/mol. The number of fused-ring (bicyclic) bond motifs is 2. The smallest absolute Gasteiger partial charge is 0.0997 e. The van der Waals surface area contributed by atoms with Crippen molar-refractivity contribution in [1.29, 1.82) is 0 Å². The summed E-state index contributed by atoms with van der Waals surface area (Å²) in [7, 11) is 1.76. The van der Waals surface area contributed by atoms with Crippen LogP contribution in [-0.2, 0) is 24.0 Å². The third-order valence-corrected chi connectivity index (χ3v) is 6.74. The molecule has 0 radical (unpaired) electrons. The van der Waals surface area contributed by atoms with E-state index in [4.69, 9.17) is 4.74 Å². The lowest BCUT2D eigenvalue weighted by Gasteiger charge is -2.13. The van der Waals surface area contributed by atoms with Crippen LogP contribution in [-0.4, -0.2) is 17.1 Å². The topological polar surface area (TPSA) is 49.9 Å². The maximum Gasteiger partial charge on any atom is 0.0997 e. The van der Waals surface area contributed by atoms with Gasteiger partial charge in [-0.05, 0) is 79.5 Å². The van der Waals surface area contributed by atoms with Gasteiger partial charge in [0, 0.05) is 41.8 Å². The van der Waals surface area contributed by atoms with E-state index >= 15 is 0 Å². The van der Waals surface area contributed by atoms with E-state index in [0.717, 1.165) is 54.7 Å². The number of benzene rings is 2. The van der Waals surface area contributed by atoms with E-state index in [1.165, 1.54) is 33.2 Å². The van der Waals surface area contributed by atoms with Gasteiger partial charge in [0.15, 0.2) is 0 Å². The van der Waals surface area contributed by atoms with Gasteiger partial charge in [-0.15, -0.1) is 0 Å². The lowest BCUT2D eigenvalue weighted by molar-refractivity contribution is 0.102. The number of allylic oxidation sites excluding steroid dienone is 1. The molecule has 0 fully saturated rings.